The van der Waals surface area contributed by atoms with Gasteiger partial charge in [0.1, 0.15) is 5.69 Å². The SMILES string of the molecule is CNc1c(Cl)nc(-c2ccccc2)nc1C(C)=N. The highest BCUT2D eigenvalue weighted by atomic mass is 35.5. The van der Waals surface area contributed by atoms with Crippen LogP contribution in [0.5, 0.6) is 0 Å². The van der Waals surface area contributed by atoms with Crippen LogP contribution in [0.15, 0.2) is 30.3 Å². The minimum atomic E-state index is 0.327. The van der Waals surface area contributed by atoms with Crippen molar-refractivity contribution < 1.29 is 0 Å². The Balaban J connectivity index is 2.62. The lowest BCUT2D eigenvalue weighted by molar-refractivity contribution is 1.15. The van der Waals surface area contributed by atoms with Gasteiger partial charge in [0, 0.05) is 12.6 Å². The molecule has 0 aliphatic rings. The van der Waals surface area contributed by atoms with Gasteiger partial charge in [-0.2, -0.15) is 0 Å². The van der Waals surface area contributed by atoms with Crippen LogP contribution in [0.1, 0.15) is 12.6 Å². The summed E-state index contributed by atoms with van der Waals surface area (Å²) in [6, 6.07) is 9.57. The van der Waals surface area contributed by atoms with E-state index in [4.69, 9.17) is 17.0 Å². The van der Waals surface area contributed by atoms with E-state index in [9.17, 15) is 0 Å². The van der Waals surface area contributed by atoms with Gasteiger partial charge in [0.25, 0.3) is 0 Å². The van der Waals surface area contributed by atoms with Crippen molar-refractivity contribution >= 4 is 23.0 Å². The van der Waals surface area contributed by atoms with E-state index in [1.54, 1.807) is 14.0 Å². The molecule has 0 spiro atoms. The third-order valence-electron chi connectivity index (χ3n) is 2.50. The minimum absolute atomic E-state index is 0.327. The molecule has 0 unspecified atom stereocenters. The van der Waals surface area contributed by atoms with Gasteiger partial charge in [-0.05, 0) is 6.92 Å². The zero-order valence-electron chi connectivity index (χ0n) is 10.2. The van der Waals surface area contributed by atoms with E-state index in [-0.39, 0.29) is 0 Å². The molecule has 0 saturated carbocycles. The highest BCUT2D eigenvalue weighted by molar-refractivity contribution is 6.33. The Bertz CT molecular complexity index is 581. The van der Waals surface area contributed by atoms with Gasteiger partial charge in [-0.15, -0.1) is 0 Å². The summed E-state index contributed by atoms with van der Waals surface area (Å²) in [6.45, 7) is 1.67. The van der Waals surface area contributed by atoms with E-state index >= 15 is 0 Å². The van der Waals surface area contributed by atoms with E-state index in [0.717, 1.165) is 5.56 Å². The van der Waals surface area contributed by atoms with Crippen LogP contribution < -0.4 is 5.32 Å². The highest BCUT2D eigenvalue weighted by Gasteiger charge is 2.14. The zero-order chi connectivity index (χ0) is 13.1. The third kappa shape index (κ3) is 2.33. The van der Waals surface area contributed by atoms with E-state index in [1.165, 1.54) is 0 Å². The molecular weight excluding hydrogens is 248 g/mol. The van der Waals surface area contributed by atoms with Crippen LogP contribution in [0.2, 0.25) is 5.15 Å². The molecule has 1 heterocycles. The summed E-state index contributed by atoms with van der Waals surface area (Å²) >= 11 is 6.12. The first-order valence-electron chi connectivity index (χ1n) is 5.49. The molecule has 0 amide bonds. The van der Waals surface area contributed by atoms with Gasteiger partial charge in [-0.3, -0.25) is 0 Å². The standard InChI is InChI=1S/C13H13ClN4/c1-8(15)10-11(16-2)12(14)18-13(17-10)9-6-4-3-5-7-9/h3-7,15-16H,1-2H3. The van der Waals surface area contributed by atoms with Gasteiger partial charge >= 0.3 is 0 Å². The maximum absolute atomic E-state index is 7.75. The smallest absolute Gasteiger partial charge is 0.161 e. The second-order valence-corrected chi connectivity index (χ2v) is 4.16. The van der Waals surface area contributed by atoms with Crippen LogP contribution >= 0.6 is 11.6 Å². The second kappa shape index (κ2) is 5.14. The summed E-state index contributed by atoms with van der Waals surface area (Å²) in [7, 11) is 1.74. The fraction of sp³-hybridized carbons (Fsp3) is 0.154. The van der Waals surface area contributed by atoms with Gasteiger partial charge < -0.3 is 10.7 Å². The average molecular weight is 261 g/mol. The molecule has 92 valence electrons. The Kier molecular flexibility index (Phi) is 3.58. The minimum Gasteiger partial charge on any atom is -0.384 e. The zero-order valence-corrected chi connectivity index (χ0v) is 10.9. The fourth-order valence-electron chi connectivity index (χ4n) is 1.64. The fourth-order valence-corrected chi connectivity index (χ4v) is 1.91. The summed E-state index contributed by atoms with van der Waals surface area (Å²) in [5.74, 6) is 0.529. The Morgan fingerprint density at radius 1 is 1.22 bits per heavy atom. The molecule has 2 aromatic rings. The molecule has 0 atom stereocenters. The Hall–Kier alpha value is -1.94. The molecule has 0 aliphatic heterocycles. The predicted molar refractivity (Wildman–Crippen MR) is 74.5 cm³/mol. The number of halogens is 1. The number of aromatic nitrogens is 2. The molecule has 2 rings (SSSR count). The first-order valence-corrected chi connectivity index (χ1v) is 5.87. The predicted octanol–water partition coefficient (Wildman–Crippen LogP) is 3.23. The monoisotopic (exact) mass is 260 g/mol. The van der Waals surface area contributed by atoms with E-state index in [2.05, 4.69) is 15.3 Å². The molecule has 0 radical (unpaired) electrons. The lowest BCUT2D eigenvalue weighted by Crippen LogP contribution is -2.07. The van der Waals surface area contributed by atoms with Crippen molar-refractivity contribution in [3.8, 4) is 11.4 Å². The number of nitrogens with zero attached hydrogens (tertiary/aromatic N) is 2. The lowest BCUT2D eigenvalue weighted by atomic mass is 10.2. The van der Waals surface area contributed by atoms with Crippen molar-refractivity contribution in [3.05, 3.63) is 41.2 Å². The van der Waals surface area contributed by atoms with Crippen molar-refractivity contribution in [3.63, 3.8) is 0 Å². The topological polar surface area (TPSA) is 61.7 Å². The van der Waals surface area contributed by atoms with Crippen LogP contribution in [0, 0.1) is 5.41 Å². The molecule has 0 saturated heterocycles. The molecule has 1 aromatic carbocycles. The summed E-state index contributed by atoms with van der Waals surface area (Å²) in [5.41, 5.74) is 2.34. The van der Waals surface area contributed by atoms with Crippen molar-refractivity contribution in [2.75, 3.05) is 12.4 Å². The van der Waals surface area contributed by atoms with E-state index in [0.29, 0.717) is 28.1 Å². The van der Waals surface area contributed by atoms with Crippen LogP contribution in [0.3, 0.4) is 0 Å². The molecular formula is C13H13ClN4. The molecule has 0 fully saturated rings. The molecule has 0 aliphatic carbocycles. The van der Waals surface area contributed by atoms with Gasteiger partial charge in [-0.25, -0.2) is 9.97 Å². The normalized spacial score (nSPS) is 10.2. The number of hydrogen-bond donors (Lipinski definition) is 2. The third-order valence-corrected chi connectivity index (χ3v) is 2.78. The average Bonchev–Trinajstić information content (AvgIpc) is 2.38. The Morgan fingerprint density at radius 3 is 2.44 bits per heavy atom. The Morgan fingerprint density at radius 2 is 1.89 bits per heavy atom. The molecule has 2 N–H and O–H groups in total. The van der Waals surface area contributed by atoms with Gasteiger partial charge in [0.05, 0.1) is 11.4 Å². The van der Waals surface area contributed by atoms with E-state index < -0.39 is 0 Å². The molecule has 5 heteroatoms. The highest BCUT2D eigenvalue weighted by Crippen LogP contribution is 2.26. The summed E-state index contributed by atoms with van der Waals surface area (Å²) < 4.78 is 0. The molecule has 4 nitrogen and oxygen atoms in total. The van der Waals surface area contributed by atoms with Crippen molar-refractivity contribution in [2.24, 2.45) is 0 Å². The van der Waals surface area contributed by atoms with Gasteiger partial charge in [-0.1, -0.05) is 41.9 Å². The number of hydrogen-bond acceptors (Lipinski definition) is 4. The lowest BCUT2D eigenvalue weighted by Gasteiger charge is -2.10. The number of benzene rings is 1. The molecule has 0 bridgehead atoms. The summed E-state index contributed by atoms with van der Waals surface area (Å²) in [4.78, 5) is 8.64. The number of anilines is 1. The largest absolute Gasteiger partial charge is 0.384 e. The second-order valence-electron chi connectivity index (χ2n) is 3.80. The first-order chi connectivity index (χ1) is 8.63. The van der Waals surface area contributed by atoms with Crippen LogP contribution in [-0.4, -0.2) is 22.7 Å². The summed E-state index contributed by atoms with van der Waals surface area (Å²) in [6.07, 6.45) is 0. The number of rotatable bonds is 3. The van der Waals surface area contributed by atoms with Gasteiger partial charge in [0.2, 0.25) is 0 Å². The van der Waals surface area contributed by atoms with Crippen molar-refractivity contribution in [1.82, 2.24) is 9.97 Å². The number of nitrogens with one attached hydrogen (secondary N) is 2. The molecule has 18 heavy (non-hydrogen) atoms. The van der Waals surface area contributed by atoms with Crippen molar-refractivity contribution in [2.45, 2.75) is 6.92 Å². The van der Waals surface area contributed by atoms with Crippen LogP contribution in [0.4, 0.5) is 5.69 Å². The van der Waals surface area contributed by atoms with Crippen LogP contribution in [-0.2, 0) is 0 Å². The van der Waals surface area contributed by atoms with Crippen LogP contribution in [0.25, 0.3) is 11.4 Å². The quantitative estimate of drug-likeness (QED) is 0.658. The van der Waals surface area contributed by atoms with Gasteiger partial charge in [0.15, 0.2) is 11.0 Å². The molecule has 1 aromatic heterocycles. The maximum atomic E-state index is 7.75. The van der Waals surface area contributed by atoms with E-state index in [1.807, 2.05) is 30.3 Å². The van der Waals surface area contributed by atoms with Crippen molar-refractivity contribution in [1.29, 1.82) is 5.41 Å². The maximum Gasteiger partial charge on any atom is 0.161 e. The Labute approximate surface area is 111 Å². The first kappa shape index (κ1) is 12.5. The summed E-state index contributed by atoms with van der Waals surface area (Å²) in [5, 5.41) is 11.0.